The molecule has 33 heavy (non-hydrogen) atoms. The van der Waals surface area contributed by atoms with Crippen molar-refractivity contribution in [3.05, 3.63) is 59.7 Å². The SMILES string of the molecule is COc1cccc(OC)c1-n1c(NS(=O)(=O)[C@@H](C)c2ccccc2F)nnc1[C@H]1CCCO1. The predicted molar refractivity (Wildman–Crippen MR) is 120 cm³/mol. The van der Waals surface area contributed by atoms with Crippen LogP contribution < -0.4 is 14.2 Å². The summed E-state index contributed by atoms with van der Waals surface area (Å²) in [6.07, 6.45) is 1.16. The van der Waals surface area contributed by atoms with Crippen molar-refractivity contribution in [2.24, 2.45) is 0 Å². The van der Waals surface area contributed by atoms with Gasteiger partial charge < -0.3 is 14.2 Å². The number of hydrogen-bond acceptors (Lipinski definition) is 7. The van der Waals surface area contributed by atoms with Crippen molar-refractivity contribution in [2.75, 3.05) is 25.5 Å². The minimum atomic E-state index is -4.10. The van der Waals surface area contributed by atoms with Crippen LogP contribution in [-0.4, -0.2) is 44.0 Å². The molecule has 4 rings (SSSR count). The highest BCUT2D eigenvalue weighted by Gasteiger charge is 2.32. The highest BCUT2D eigenvalue weighted by molar-refractivity contribution is 7.92. The number of para-hydroxylation sites is 1. The summed E-state index contributed by atoms with van der Waals surface area (Å²) in [5.74, 6) is 0.577. The smallest absolute Gasteiger partial charge is 0.243 e. The summed E-state index contributed by atoms with van der Waals surface area (Å²) in [6, 6.07) is 10.9. The van der Waals surface area contributed by atoms with Gasteiger partial charge in [0.15, 0.2) is 5.82 Å². The molecule has 0 saturated carbocycles. The molecule has 0 bridgehead atoms. The van der Waals surface area contributed by atoms with Gasteiger partial charge in [0.25, 0.3) is 0 Å². The van der Waals surface area contributed by atoms with Crippen LogP contribution in [0.25, 0.3) is 5.69 Å². The Kier molecular flexibility index (Phi) is 6.52. The van der Waals surface area contributed by atoms with Gasteiger partial charge in [0, 0.05) is 12.2 Å². The van der Waals surface area contributed by atoms with E-state index in [4.69, 9.17) is 14.2 Å². The number of ether oxygens (including phenoxy) is 3. The first-order valence-corrected chi connectivity index (χ1v) is 12.0. The van der Waals surface area contributed by atoms with E-state index in [-0.39, 0.29) is 17.6 Å². The number of methoxy groups -OCH3 is 2. The number of anilines is 1. The summed E-state index contributed by atoms with van der Waals surface area (Å²) in [4.78, 5) is 0. The Bertz CT molecular complexity index is 1220. The number of nitrogens with one attached hydrogen (secondary N) is 1. The molecule has 176 valence electrons. The van der Waals surface area contributed by atoms with Gasteiger partial charge in [-0.3, -0.25) is 9.29 Å². The van der Waals surface area contributed by atoms with Crippen LogP contribution in [0.2, 0.25) is 0 Å². The molecule has 0 amide bonds. The highest BCUT2D eigenvalue weighted by Crippen LogP contribution is 2.39. The lowest BCUT2D eigenvalue weighted by atomic mass is 10.1. The second-order valence-corrected chi connectivity index (χ2v) is 9.54. The van der Waals surface area contributed by atoms with Crippen molar-refractivity contribution in [3.63, 3.8) is 0 Å². The van der Waals surface area contributed by atoms with E-state index in [0.717, 1.165) is 6.42 Å². The van der Waals surface area contributed by atoms with Crippen LogP contribution in [0.4, 0.5) is 10.3 Å². The van der Waals surface area contributed by atoms with Crippen molar-refractivity contribution in [1.82, 2.24) is 14.8 Å². The summed E-state index contributed by atoms with van der Waals surface area (Å²) in [5.41, 5.74) is 0.472. The quantitative estimate of drug-likeness (QED) is 0.528. The standard InChI is InChI=1S/C22H25FN4O5S/c1-14(15-8-4-5-9-16(15)23)33(28,29)26-22-25-24-21(19-12-7-13-32-19)27(22)20-17(30-2)10-6-11-18(20)31-3/h4-6,8-11,14,19H,7,12-13H2,1-3H3,(H,25,26)/t14-,19+/m0/s1. The molecule has 1 aromatic heterocycles. The summed E-state index contributed by atoms with van der Waals surface area (Å²) in [5, 5.41) is 7.16. The van der Waals surface area contributed by atoms with Crippen LogP contribution in [-0.2, 0) is 14.8 Å². The molecule has 0 spiro atoms. The molecule has 0 aliphatic carbocycles. The van der Waals surface area contributed by atoms with Gasteiger partial charge in [-0.1, -0.05) is 24.3 Å². The molecule has 1 aliphatic rings. The molecule has 9 nitrogen and oxygen atoms in total. The average molecular weight is 477 g/mol. The van der Waals surface area contributed by atoms with E-state index in [1.165, 1.54) is 43.9 Å². The zero-order chi connectivity index (χ0) is 23.6. The van der Waals surface area contributed by atoms with Crippen LogP contribution >= 0.6 is 0 Å². The molecule has 1 aliphatic heterocycles. The summed E-state index contributed by atoms with van der Waals surface area (Å²) < 4.78 is 61.6. The molecule has 1 saturated heterocycles. The minimum Gasteiger partial charge on any atom is -0.494 e. The molecule has 0 unspecified atom stereocenters. The van der Waals surface area contributed by atoms with Gasteiger partial charge in [-0.25, -0.2) is 12.8 Å². The van der Waals surface area contributed by atoms with E-state index >= 15 is 0 Å². The van der Waals surface area contributed by atoms with Gasteiger partial charge in [0.1, 0.15) is 34.4 Å². The van der Waals surface area contributed by atoms with E-state index in [1.807, 2.05) is 0 Å². The number of benzene rings is 2. The Morgan fingerprint density at radius 3 is 2.42 bits per heavy atom. The number of nitrogens with zero attached hydrogens (tertiary/aromatic N) is 3. The summed E-state index contributed by atoms with van der Waals surface area (Å²) in [6.45, 7) is 1.97. The third kappa shape index (κ3) is 4.38. The van der Waals surface area contributed by atoms with Gasteiger partial charge in [0.2, 0.25) is 16.0 Å². The molecule has 3 aromatic rings. The van der Waals surface area contributed by atoms with E-state index < -0.39 is 21.1 Å². The molecular weight excluding hydrogens is 451 g/mol. The number of aromatic nitrogens is 3. The Morgan fingerprint density at radius 2 is 1.82 bits per heavy atom. The van der Waals surface area contributed by atoms with E-state index in [0.29, 0.717) is 36.0 Å². The molecular formula is C22H25FN4O5S. The normalized spacial score (nSPS) is 17.0. The monoisotopic (exact) mass is 476 g/mol. The second kappa shape index (κ2) is 9.36. The van der Waals surface area contributed by atoms with Crippen molar-refractivity contribution < 1.29 is 27.0 Å². The van der Waals surface area contributed by atoms with E-state index in [9.17, 15) is 12.8 Å². The zero-order valence-corrected chi connectivity index (χ0v) is 19.3. The number of rotatable bonds is 8. The van der Waals surface area contributed by atoms with Crippen molar-refractivity contribution >= 4 is 16.0 Å². The molecule has 2 atom stereocenters. The van der Waals surface area contributed by atoms with Crippen LogP contribution in [0.15, 0.2) is 42.5 Å². The first-order chi connectivity index (χ1) is 15.9. The average Bonchev–Trinajstić information content (AvgIpc) is 3.48. The van der Waals surface area contributed by atoms with Crippen LogP contribution in [0, 0.1) is 5.82 Å². The predicted octanol–water partition coefficient (Wildman–Crippen LogP) is 3.78. The fourth-order valence-electron chi connectivity index (χ4n) is 3.81. The van der Waals surface area contributed by atoms with Crippen molar-refractivity contribution in [2.45, 2.75) is 31.1 Å². The lowest BCUT2D eigenvalue weighted by Gasteiger charge is -2.20. The number of hydrogen-bond donors (Lipinski definition) is 1. The molecule has 1 fully saturated rings. The van der Waals surface area contributed by atoms with Crippen LogP contribution in [0.3, 0.4) is 0 Å². The largest absolute Gasteiger partial charge is 0.494 e. The van der Waals surface area contributed by atoms with Crippen molar-refractivity contribution in [3.8, 4) is 17.2 Å². The maximum atomic E-state index is 14.3. The first-order valence-electron chi connectivity index (χ1n) is 10.4. The lowest BCUT2D eigenvalue weighted by molar-refractivity contribution is 0.103. The fourth-order valence-corrected chi connectivity index (χ4v) is 4.90. The molecule has 0 radical (unpaired) electrons. The molecule has 2 aromatic carbocycles. The number of halogens is 1. The Hall–Kier alpha value is -3.18. The van der Waals surface area contributed by atoms with E-state index in [1.54, 1.807) is 24.3 Å². The maximum Gasteiger partial charge on any atom is 0.243 e. The third-order valence-electron chi connectivity index (χ3n) is 5.57. The second-order valence-electron chi connectivity index (χ2n) is 7.54. The highest BCUT2D eigenvalue weighted by atomic mass is 32.2. The van der Waals surface area contributed by atoms with E-state index in [2.05, 4.69) is 14.9 Å². The topological polar surface area (TPSA) is 105 Å². The first kappa shape index (κ1) is 23.0. The third-order valence-corrected chi connectivity index (χ3v) is 7.23. The molecule has 11 heteroatoms. The minimum absolute atomic E-state index is 0.0466. The Balaban J connectivity index is 1.83. The van der Waals surface area contributed by atoms with Crippen LogP contribution in [0.5, 0.6) is 11.5 Å². The van der Waals surface area contributed by atoms with Gasteiger partial charge >= 0.3 is 0 Å². The van der Waals surface area contributed by atoms with Gasteiger partial charge in [-0.05, 0) is 38.0 Å². The Labute approximate surface area is 191 Å². The summed E-state index contributed by atoms with van der Waals surface area (Å²) in [7, 11) is -1.11. The maximum absolute atomic E-state index is 14.3. The molecule has 2 heterocycles. The van der Waals surface area contributed by atoms with Crippen molar-refractivity contribution in [1.29, 1.82) is 0 Å². The lowest BCUT2D eigenvalue weighted by Crippen LogP contribution is -2.23. The Morgan fingerprint density at radius 1 is 1.12 bits per heavy atom. The van der Waals surface area contributed by atoms with Crippen LogP contribution in [0.1, 0.15) is 42.5 Å². The fraction of sp³-hybridized carbons (Fsp3) is 0.364. The zero-order valence-electron chi connectivity index (χ0n) is 18.5. The van der Waals surface area contributed by atoms with Gasteiger partial charge in [-0.2, -0.15) is 0 Å². The molecule has 1 N–H and O–H groups in total. The van der Waals surface area contributed by atoms with Gasteiger partial charge in [0.05, 0.1) is 14.2 Å². The summed E-state index contributed by atoms with van der Waals surface area (Å²) >= 11 is 0. The number of sulfonamides is 1. The van der Waals surface area contributed by atoms with Gasteiger partial charge in [-0.15, -0.1) is 10.2 Å².